The van der Waals surface area contributed by atoms with Crippen molar-refractivity contribution >= 4 is 5.69 Å². The number of rotatable bonds is 2. The van der Waals surface area contributed by atoms with Gasteiger partial charge in [0, 0.05) is 17.7 Å². The number of para-hydroxylation sites is 1. The van der Waals surface area contributed by atoms with Gasteiger partial charge in [0.05, 0.1) is 12.6 Å². The number of hydrogen-bond donors (Lipinski definition) is 1. The Bertz CT molecular complexity index is 610. The first-order valence-electron chi connectivity index (χ1n) is 7.63. The lowest BCUT2D eigenvalue weighted by molar-refractivity contribution is 0.274. The number of nitrogens with one attached hydrogen (secondary N) is 1. The average Bonchev–Trinajstić information content (AvgIpc) is 2.47. The summed E-state index contributed by atoms with van der Waals surface area (Å²) in [5, 5.41) is 3.64. The monoisotopic (exact) mass is 281 g/mol. The van der Waals surface area contributed by atoms with E-state index in [0.29, 0.717) is 6.04 Å². The minimum atomic E-state index is 0.198. The van der Waals surface area contributed by atoms with Crippen molar-refractivity contribution in [3.8, 4) is 5.75 Å². The second-order valence-corrected chi connectivity index (χ2v) is 6.70. The van der Waals surface area contributed by atoms with Gasteiger partial charge in [-0.2, -0.15) is 0 Å². The molecular formula is C19H23NO. The van der Waals surface area contributed by atoms with Gasteiger partial charge < -0.3 is 10.1 Å². The molecule has 1 unspecified atom stereocenters. The van der Waals surface area contributed by atoms with Gasteiger partial charge >= 0.3 is 0 Å². The molecule has 2 aromatic rings. The van der Waals surface area contributed by atoms with Crippen LogP contribution < -0.4 is 10.1 Å². The molecule has 0 bridgehead atoms. The highest BCUT2D eigenvalue weighted by Gasteiger charge is 2.21. The number of anilines is 1. The minimum Gasteiger partial charge on any atom is -0.493 e. The zero-order chi connectivity index (χ0) is 14.9. The summed E-state index contributed by atoms with van der Waals surface area (Å²) in [4.78, 5) is 0. The van der Waals surface area contributed by atoms with Crippen molar-refractivity contribution in [1.29, 1.82) is 0 Å². The van der Waals surface area contributed by atoms with E-state index >= 15 is 0 Å². The molecule has 1 aliphatic rings. The molecule has 110 valence electrons. The normalized spacial score (nSPS) is 17.8. The Morgan fingerprint density at radius 2 is 1.71 bits per heavy atom. The summed E-state index contributed by atoms with van der Waals surface area (Å²) in [5.41, 5.74) is 3.98. The molecule has 0 amide bonds. The minimum absolute atomic E-state index is 0.198. The zero-order valence-electron chi connectivity index (χ0n) is 13.0. The van der Waals surface area contributed by atoms with E-state index in [9.17, 15) is 0 Å². The Hall–Kier alpha value is -1.96. The van der Waals surface area contributed by atoms with Crippen LogP contribution in [-0.4, -0.2) is 6.61 Å². The van der Waals surface area contributed by atoms with Gasteiger partial charge in [0.1, 0.15) is 5.75 Å². The molecule has 1 atom stereocenters. The number of fused-ring (bicyclic) bond motifs is 1. The van der Waals surface area contributed by atoms with Crippen LogP contribution in [0.25, 0.3) is 0 Å². The van der Waals surface area contributed by atoms with Crippen molar-refractivity contribution in [2.45, 2.75) is 38.6 Å². The summed E-state index contributed by atoms with van der Waals surface area (Å²) < 4.78 is 5.72. The van der Waals surface area contributed by atoms with Gasteiger partial charge in [-0.1, -0.05) is 51.1 Å². The molecule has 2 heteroatoms. The molecule has 2 aromatic carbocycles. The van der Waals surface area contributed by atoms with Crippen LogP contribution in [-0.2, 0) is 5.41 Å². The van der Waals surface area contributed by atoms with Gasteiger partial charge in [0.25, 0.3) is 0 Å². The van der Waals surface area contributed by atoms with Crippen molar-refractivity contribution in [1.82, 2.24) is 0 Å². The highest BCUT2D eigenvalue weighted by molar-refractivity contribution is 5.50. The molecule has 1 N–H and O–H groups in total. The van der Waals surface area contributed by atoms with Gasteiger partial charge in [-0.3, -0.25) is 0 Å². The Labute approximate surface area is 127 Å². The van der Waals surface area contributed by atoms with Crippen LogP contribution in [0.5, 0.6) is 5.75 Å². The van der Waals surface area contributed by atoms with Gasteiger partial charge in [0.2, 0.25) is 0 Å². The predicted molar refractivity (Wildman–Crippen MR) is 88.1 cm³/mol. The Kier molecular flexibility index (Phi) is 3.62. The summed E-state index contributed by atoms with van der Waals surface area (Å²) >= 11 is 0. The van der Waals surface area contributed by atoms with E-state index in [4.69, 9.17) is 4.74 Å². The molecule has 0 saturated heterocycles. The summed E-state index contributed by atoms with van der Waals surface area (Å²) in [7, 11) is 0. The molecule has 3 rings (SSSR count). The molecular weight excluding hydrogens is 258 g/mol. The molecule has 0 radical (unpaired) electrons. The van der Waals surface area contributed by atoms with E-state index in [1.165, 1.54) is 16.8 Å². The first-order valence-corrected chi connectivity index (χ1v) is 7.63. The van der Waals surface area contributed by atoms with E-state index < -0.39 is 0 Å². The highest BCUT2D eigenvalue weighted by Crippen LogP contribution is 2.34. The fourth-order valence-electron chi connectivity index (χ4n) is 2.76. The fourth-order valence-corrected chi connectivity index (χ4v) is 2.76. The molecule has 0 saturated carbocycles. The highest BCUT2D eigenvalue weighted by atomic mass is 16.5. The third-order valence-electron chi connectivity index (χ3n) is 4.05. The maximum absolute atomic E-state index is 5.72. The van der Waals surface area contributed by atoms with Gasteiger partial charge in [0.15, 0.2) is 0 Å². The SMILES string of the molecule is CC(C)(C)c1ccc(NC2CCOc3ccccc32)cc1. The van der Waals surface area contributed by atoms with Crippen molar-refractivity contribution < 1.29 is 4.74 Å². The number of ether oxygens (including phenoxy) is 1. The zero-order valence-corrected chi connectivity index (χ0v) is 13.0. The first-order chi connectivity index (χ1) is 10.0. The van der Waals surface area contributed by atoms with Crippen LogP contribution in [0.3, 0.4) is 0 Å². The van der Waals surface area contributed by atoms with E-state index in [1.807, 2.05) is 12.1 Å². The van der Waals surface area contributed by atoms with Crippen LogP contribution >= 0.6 is 0 Å². The third-order valence-corrected chi connectivity index (χ3v) is 4.05. The van der Waals surface area contributed by atoms with Crippen molar-refractivity contribution in [3.05, 3.63) is 59.7 Å². The summed E-state index contributed by atoms with van der Waals surface area (Å²) in [6.07, 6.45) is 0.998. The second-order valence-electron chi connectivity index (χ2n) is 6.70. The van der Waals surface area contributed by atoms with Crippen molar-refractivity contribution in [2.24, 2.45) is 0 Å². The topological polar surface area (TPSA) is 21.3 Å². The lowest BCUT2D eigenvalue weighted by Gasteiger charge is -2.28. The molecule has 0 fully saturated rings. The maximum Gasteiger partial charge on any atom is 0.124 e. The standard InChI is InChI=1S/C19H23NO/c1-19(2,3)14-8-10-15(11-9-14)20-17-12-13-21-18-7-5-4-6-16(17)18/h4-11,17,20H,12-13H2,1-3H3. The average molecular weight is 281 g/mol. The summed E-state index contributed by atoms with van der Waals surface area (Å²) in [6, 6.07) is 17.4. The Morgan fingerprint density at radius 3 is 2.43 bits per heavy atom. The fraction of sp³-hybridized carbons (Fsp3) is 0.368. The predicted octanol–water partition coefficient (Wildman–Crippen LogP) is 4.92. The Balaban J connectivity index is 1.79. The van der Waals surface area contributed by atoms with Gasteiger partial charge in [-0.05, 0) is 29.2 Å². The second kappa shape index (κ2) is 5.44. The smallest absolute Gasteiger partial charge is 0.124 e. The van der Waals surface area contributed by atoms with Crippen LogP contribution in [0.4, 0.5) is 5.69 Å². The van der Waals surface area contributed by atoms with Crippen molar-refractivity contribution in [3.63, 3.8) is 0 Å². The van der Waals surface area contributed by atoms with E-state index in [0.717, 1.165) is 18.8 Å². The maximum atomic E-state index is 5.72. The molecule has 1 heterocycles. The molecule has 21 heavy (non-hydrogen) atoms. The van der Waals surface area contributed by atoms with Crippen LogP contribution in [0.2, 0.25) is 0 Å². The molecule has 0 spiro atoms. The lowest BCUT2D eigenvalue weighted by Crippen LogP contribution is -2.20. The van der Waals surface area contributed by atoms with Crippen LogP contribution in [0, 0.1) is 0 Å². The third kappa shape index (κ3) is 3.05. The summed E-state index contributed by atoms with van der Waals surface area (Å²) in [5.74, 6) is 1.01. The lowest BCUT2D eigenvalue weighted by atomic mass is 9.87. The number of benzene rings is 2. The number of hydrogen-bond acceptors (Lipinski definition) is 2. The van der Waals surface area contributed by atoms with Crippen LogP contribution in [0.15, 0.2) is 48.5 Å². The van der Waals surface area contributed by atoms with E-state index in [1.54, 1.807) is 0 Å². The first kappa shape index (κ1) is 14.0. The molecule has 2 nitrogen and oxygen atoms in total. The van der Waals surface area contributed by atoms with Gasteiger partial charge in [-0.15, -0.1) is 0 Å². The van der Waals surface area contributed by atoms with Crippen molar-refractivity contribution in [2.75, 3.05) is 11.9 Å². The molecule has 0 aliphatic carbocycles. The van der Waals surface area contributed by atoms with E-state index in [2.05, 4.69) is 62.5 Å². The molecule has 1 aliphatic heterocycles. The Morgan fingerprint density at radius 1 is 1.00 bits per heavy atom. The van der Waals surface area contributed by atoms with Crippen LogP contribution in [0.1, 0.15) is 44.4 Å². The largest absolute Gasteiger partial charge is 0.493 e. The summed E-state index contributed by atoms with van der Waals surface area (Å²) in [6.45, 7) is 7.49. The quantitative estimate of drug-likeness (QED) is 0.843. The van der Waals surface area contributed by atoms with Gasteiger partial charge in [-0.25, -0.2) is 0 Å². The van der Waals surface area contributed by atoms with E-state index in [-0.39, 0.29) is 5.41 Å². The molecule has 0 aromatic heterocycles.